The van der Waals surface area contributed by atoms with Crippen molar-refractivity contribution in [3.63, 3.8) is 0 Å². The van der Waals surface area contributed by atoms with Gasteiger partial charge in [-0.05, 0) is 43.0 Å². The van der Waals surface area contributed by atoms with E-state index in [1.54, 1.807) is 7.11 Å². The monoisotopic (exact) mass is 433 g/mol. The minimum Gasteiger partial charge on any atom is -0.497 e. The van der Waals surface area contributed by atoms with Crippen molar-refractivity contribution >= 4 is 23.7 Å². The molecule has 0 bridgehead atoms. The van der Waals surface area contributed by atoms with Gasteiger partial charge in [-0.1, -0.05) is 25.6 Å². The number of urea groups is 1. The first kappa shape index (κ1) is 22.1. The van der Waals surface area contributed by atoms with Crippen molar-refractivity contribution in [2.75, 3.05) is 13.7 Å². The second-order valence-electron chi connectivity index (χ2n) is 7.42. The average molecular weight is 434 g/mol. The molecule has 1 fully saturated rings. The molecule has 30 heavy (non-hydrogen) atoms. The van der Waals surface area contributed by atoms with Crippen molar-refractivity contribution in [1.82, 2.24) is 20.1 Å². The largest absolute Gasteiger partial charge is 0.497 e. The van der Waals surface area contributed by atoms with E-state index in [9.17, 15) is 9.59 Å². The molecule has 1 aromatic carbocycles. The number of ether oxygens (including phenoxy) is 2. The Hall–Kier alpha value is -2.59. The van der Waals surface area contributed by atoms with Crippen molar-refractivity contribution in [3.8, 4) is 17.1 Å². The van der Waals surface area contributed by atoms with Crippen LogP contribution in [-0.4, -0.2) is 51.8 Å². The van der Waals surface area contributed by atoms with Gasteiger partial charge >= 0.3 is 6.03 Å². The van der Waals surface area contributed by atoms with Crippen LogP contribution >= 0.6 is 11.8 Å². The fourth-order valence-corrected chi connectivity index (χ4v) is 4.33. The van der Waals surface area contributed by atoms with Gasteiger partial charge in [-0.3, -0.25) is 14.7 Å². The molecule has 0 radical (unpaired) electrons. The summed E-state index contributed by atoms with van der Waals surface area (Å²) >= 11 is 1.27. The van der Waals surface area contributed by atoms with Crippen LogP contribution in [0.5, 0.6) is 5.75 Å². The van der Waals surface area contributed by atoms with E-state index in [0.717, 1.165) is 30.8 Å². The highest BCUT2D eigenvalue weighted by Crippen LogP contribution is 2.32. The number of imide groups is 1. The zero-order valence-electron chi connectivity index (χ0n) is 17.3. The van der Waals surface area contributed by atoms with Gasteiger partial charge in [0.1, 0.15) is 5.75 Å². The maximum absolute atomic E-state index is 12.5. The number of nitrogens with zero attached hydrogens (tertiary/aromatic N) is 3. The van der Waals surface area contributed by atoms with Crippen LogP contribution in [0.15, 0.2) is 29.4 Å². The highest BCUT2D eigenvalue weighted by molar-refractivity contribution is 8.00. The fourth-order valence-electron chi connectivity index (χ4n) is 3.28. The average Bonchev–Trinajstić information content (AvgIpc) is 3.36. The molecule has 1 aliphatic heterocycles. The molecule has 10 heteroatoms. The lowest BCUT2D eigenvalue weighted by Crippen LogP contribution is -2.42. The highest BCUT2D eigenvalue weighted by Gasteiger charge is 2.29. The highest BCUT2D eigenvalue weighted by atomic mass is 32.2. The van der Waals surface area contributed by atoms with E-state index in [0.29, 0.717) is 17.5 Å². The predicted molar refractivity (Wildman–Crippen MR) is 113 cm³/mol. The molecule has 9 nitrogen and oxygen atoms in total. The lowest BCUT2D eigenvalue weighted by molar-refractivity contribution is -0.120. The second-order valence-corrected chi connectivity index (χ2v) is 8.53. The molecule has 2 heterocycles. The summed E-state index contributed by atoms with van der Waals surface area (Å²) < 4.78 is 13.0. The molecule has 2 atom stereocenters. The molecule has 162 valence electrons. The Morgan fingerprint density at radius 3 is 2.63 bits per heavy atom. The Labute approximate surface area is 179 Å². The molecular formula is C20H27N5O4S. The predicted octanol–water partition coefficient (Wildman–Crippen LogP) is 2.44. The van der Waals surface area contributed by atoms with Crippen molar-refractivity contribution in [2.45, 2.75) is 49.7 Å². The summed E-state index contributed by atoms with van der Waals surface area (Å²) in [5.74, 6) is 0.946. The quantitative estimate of drug-likeness (QED) is 0.613. The SMILES string of the molecule is COc1ccc(-c2nnc(SC(C(=O)NC(N)=O)C(C)C)n2CC2CCCO2)cc1. The summed E-state index contributed by atoms with van der Waals surface area (Å²) in [5.41, 5.74) is 6.01. The van der Waals surface area contributed by atoms with Gasteiger partial charge in [0.05, 0.1) is 25.0 Å². The number of thioether (sulfide) groups is 1. The van der Waals surface area contributed by atoms with Crippen LogP contribution in [0, 0.1) is 5.92 Å². The summed E-state index contributed by atoms with van der Waals surface area (Å²) in [5, 5.41) is 11.0. The van der Waals surface area contributed by atoms with Crippen LogP contribution < -0.4 is 15.8 Å². The molecule has 3 rings (SSSR count). The van der Waals surface area contributed by atoms with E-state index in [-0.39, 0.29) is 12.0 Å². The Balaban J connectivity index is 1.92. The zero-order chi connectivity index (χ0) is 21.7. The van der Waals surface area contributed by atoms with Crippen LogP contribution in [0.1, 0.15) is 26.7 Å². The number of hydrogen-bond donors (Lipinski definition) is 2. The molecule has 3 N–H and O–H groups in total. The van der Waals surface area contributed by atoms with Crippen LogP contribution in [0.4, 0.5) is 4.79 Å². The third-order valence-electron chi connectivity index (χ3n) is 4.82. The zero-order valence-corrected chi connectivity index (χ0v) is 18.1. The van der Waals surface area contributed by atoms with Crippen LogP contribution in [0.25, 0.3) is 11.4 Å². The molecular weight excluding hydrogens is 406 g/mol. The molecule has 0 spiro atoms. The normalized spacial score (nSPS) is 17.1. The Morgan fingerprint density at radius 2 is 2.07 bits per heavy atom. The minimum absolute atomic E-state index is 0.0494. The second kappa shape index (κ2) is 9.94. The third-order valence-corrected chi connectivity index (χ3v) is 6.34. The summed E-state index contributed by atoms with van der Waals surface area (Å²) in [6.07, 6.45) is 2.04. The van der Waals surface area contributed by atoms with Crippen molar-refractivity contribution in [2.24, 2.45) is 11.7 Å². The van der Waals surface area contributed by atoms with E-state index in [1.165, 1.54) is 11.8 Å². The first-order valence-corrected chi connectivity index (χ1v) is 10.7. The number of amides is 3. The minimum atomic E-state index is -0.869. The molecule has 2 aromatic rings. The molecule has 1 aromatic heterocycles. The summed E-state index contributed by atoms with van der Waals surface area (Å²) in [4.78, 5) is 23.6. The summed E-state index contributed by atoms with van der Waals surface area (Å²) in [6.45, 7) is 5.13. The molecule has 3 amide bonds. The number of hydrogen-bond acceptors (Lipinski definition) is 7. The van der Waals surface area contributed by atoms with Gasteiger partial charge in [0, 0.05) is 12.2 Å². The molecule has 1 saturated heterocycles. The van der Waals surface area contributed by atoms with E-state index >= 15 is 0 Å². The van der Waals surface area contributed by atoms with Crippen LogP contribution in [0.3, 0.4) is 0 Å². The number of benzene rings is 1. The van der Waals surface area contributed by atoms with Crippen LogP contribution in [0.2, 0.25) is 0 Å². The topological polar surface area (TPSA) is 121 Å². The van der Waals surface area contributed by atoms with E-state index in [2.05, 4.69) is 15.5 Å². The number of nitrogens with two attached hydrogens (primary N) is 1. The Kier molecular flexibility index (Phi) is 7.33. The number of carbonyl (C=O) groups excluding carboxylic acids is 2. The van der Waals surface area contributed by atoms with Gasteiger partial charge in [-0.2, -0.15) is 0 Å². The molecule has 0 aliphatic carbocycles. The third kappa shape index (κ3) is 5.31. The summed E-state index contributed by atoms with van der Waals surface area (Å²) in [7, 11) is 1.62. The van der Waals surface area contributed by atoms with Gasteiger partial charge in [0.2, 0.25) is 5.91 Å². The van der Waals surface area contributed by atoms with Gasteiger partial charge in [-0.25, -0.2) is 4.79 Å². The molecule has 1 aliphatic rings. The first-order chi connectivity index (χ1) is 14.4. The number of rotatable bonds is 8. The van der Waals surface area contributed by atoms with Gasteiger partial charge < -0.3 is 15.2 Å². The lowest BCUT2D eigenvalue weighted by Gasteiger charge is -2.20. The van der Waals surface area contributed by atoms with Gasteiger partial charge in [0.25, 0.3) is 0 Å². The first-order valence-electron chi connectivity index (χ1n) is 9.85. The van der Waals surface area contributed by atoms with Gasteiger partial charge in [0.15, 0.2) is 11.0 Å². The number of nitrogens with one attached hydrogen (secondary N) is 1. The number of primary amides is 1. The van der Waals surface area contributed by atoms with Crippen molar-refractivity contribution < 1.29 is 19.1 Å². The summed E-state index contributed by atoms with van der Waals surface area (Å²) in [6, 6.07) is 6.70. The number of methoxy groups -OCH3 is 1. The standard InChI is InChI=1S/C20H27N5O4S/c1-12(2)16(18(26)22-19(21)27)30-20-24-23-17(13-6-8-14(28-3)9-7-13)25(20)11-15-5-4-10-29-15/h6-9,12,15-16H,4-5,10-11H2,1-3H3,(H3,21,22,26,27). The molecule has 0 saturated carbocycles. The maximum Gasteiger partial charge on any atom is 0.318 e. The van der Waals surface area contributed by atoms with Crippen molar-refractivity contribution in [3.05, 3.63) is 24.3 Å². The van der Waals surface area contributed by atoms with E-state index in [4.69, 9.17) is 15.2 Å². The lowest BCUT2D eigenvalue weighted by atomic mass is 10.1. The Morgan fingerprint density at radius 1 is 1.33 bits per heavy atom. The van der Waals surface area contributed by atoms with Crippen molar-refractivity contribution in [1.29, 1.82) is 0 Å². The molecule has 2 unspecified atom stereocenters. The Bertz CT molecular complexity index is 878. The van der Waals surface area contributed by atoms with E-state index in [1.807, 2.05) is 42.7 Å². The maximum atomic E-state index is 12.5. The van der Waals surface area contributed by atoms with Crippen LogP contribution in [-0.2, 0) is 16.1 Å². The smallest absolute Gasteiger partial charge is 0.318 e. The van der Waals surface area contributed by atoms with E-state index < -0.39 is 17.2 Å². The number of aromatic nitrogens is 3. The van der Waals surface area contributed by atoms with Gasteiger partial charge in [-0.15, -0.1) is 10.2 Å². The fraction of sp³-hybridized carbons (Fsp3) is 0.500. The number of carbonyl (C=O) groups is 2.